The summed E-state index contributed by atoms with van der Waals surface area (Å²) in [6, 6.07) is 5.89. The fourth-order valence-corrected chi connectivity index (χ4v) is 1.93. The van der Waals surface area contributed by atoms with Crippen molar-refractivity contribution in [3.63, 3.8) is 0 Å². The first-order chi connectivity index (χ1) is 7.74. The van der Waals surface area contributed by atoms with Crippen LogP contribution in [-0.4, -0.2) is 24.9 Å². The van der Waals surface area contributed by atoms with Crippen LogP contribution < -0.4 is 10.1 Å². The molecule has 1 aromatic rings. The van der Waals surface area contributed by atoms with Crippen LogP contribution in [0.1, 0.15) is 24.4 Å². The first-order valence-electron chi connectivity index (χ1n) is 5.45. The van der Waals surface area contributed by atoms with Crippen molar-refractivity contribution in [2.24, 2.45) is 0 Å². The normalized spacial score (nSPS) is 17.2. The summed E-state index contributed by atoms with van der Waals surface area (Å²) in [5.41, 5.74) is 0.921. The van der Waals surface area contributed by atoms with Gasteiger partial charge in [0.1, 0.15) is 5.75 Å². The van der Waals surface area contributed by atoms with E-state index < -0.39 is 0 Å². The van der Waals surface area contributed by atoms with E-state index in [4.69, 9.17) is 16.3 Å². The van der Waals surface area contributed by atoms with Gasteiger partial charge in [-0.05, 0) is 31.0 Å². The lowest BCUT2D eigenvalue weighted by atomic mass is 10.1. The zero-order chi connectivity index (χ0) is 11.5. The zero-order valence-corrected chi connectivity index (χ0v) is 10.00. The Balaban J connectivity index is 2.23. The second-order valence-electron chi connectivity index (χ2n) is 4.06. The van der Waals surface area contributed by atoms with E-state index in [1.54, 1.807) is 13.2 Å². The SMILES string of the molecule is COc1ccc(Cl)cc1C(CO)NC1CC1. The van der Waals surface area contributed by atoms with Crippen LogP contribution in [0.5, 0.6) is 5.75 Å². The van der Waals surface area contributed by atoms with Crippen molar-refractivity contribution in [1.29, 1.82) is 0 Å². The second kappa shape index (κ2) is 5.04. The Morgan fingerprint density at radius 3 is 2.88 bits per heavy atom. The Kier molecular flexibility index (Phi) is 3.69. The van der Waals surface area contributed by atoms with Crippen LogP contribution in [0.3, 0.4) is 0 Å². The number of ether oxygens (including phenoxy) is 1. The van der Waals surface area contributed by atoms with E-state index in [0.29, 0.717) is 11.1 Å². The third kappa shape index (κ3) is 2.67. The summed E-state index contributed by atoms with van der Waals surface area (Å²) in [5, 5.41) is 13.4. The molecule has 1 unspecified atom stereocenters. The lowest BCUT2D eigenvalue weighted by Gasteiger charge is -2.19. The first-order valence-corrected chi connectivity index (χ1v) is 5.82. The molecule has 3 nitrogen and oxygen atoms in total. The minimum absolute atomic E-state index is 0.0488. The van der Waals surface area contributed by atoms with Gasteiger partial charge in [-0.25, -0.2) is 0 Å². The topological polar surface area (TPSA) is 41.5 Å². The van der Waals surface area contributed by atoms with Crippen LogP contribution >= 0.6 is 11.6 Å². The molecule has 2 N–H and O–H groups in total. The van der Waals surface area contributed by atoms with E-state index in [2.05, 4.69) is 5.32 Å². The van der Waals surface area contributed by atoms with Gasteiger partial charge in [0.2, 0.25) is 0 Å². The highest BCUT2D eigenvalue weighted by atomic mass is 35.5. The molecule has 16 heavy (non-hydrogen) atoms. The van der Waals surface area contributed by atoms with Crippen LogP contribution in [0.15, 0.2) is 18.2 Å². The number of hydrogen-bond acceptors (Lipinski definition) is 3. The van der Waals surface area contributed by atoms with E-state index in [-0.39, 0.29) is 12.6 Å². The van der Waals surface area contributed by atoms with E-state index >= 15 is 0 Å². The largest absolute Gasteiger partial charge is 0.496 e. The monoisotopic (exact) mass is 241 g/mol. The van der Waals surface area contributed by atoms with E-state index in [9.17, 15) is 5.11 Å². The fourth-order valence-electron chi connectivity index (χ4n) is 1.75. The van der Waals surface area contributed by atoms with Crippen LogP contribution in [0, 0.1) is 0 Å². The summed E-state index contributed by atoms with van der Waals surface area (Å²) in [4.78, 5) is 0. The van der Waals surface area contributed by atoms with E-state index in [1.165, 1.54) is 12.8 Å². The Morgan fingerprint density at radius 1 is 1.56 bits per heavy atom. The maximum absolute atomic E-state index is 9.41. The molecule has 1 atom stereocenters. The molecule has 2 rings (SSSR count). The molecule has 1 aromatic carbocycles. The van der Waals surface area contributed by atoms with Gasteiger partial charge in [0.05, 0.1) is 19.8 Å². The van der Waals surface area contributed by atoms with Gasteiger partial charge in [-0.2, -0.15) is 0 Å². The maximum atomic E-state index is 9.41. The Hall–Kier alpha value is -0.770. The van der Waals surface area contributed by atoms with Crippen molar-refractivity contribution >= 4 is 11.6 Å². The zero-order valence-electron chi connectivity index (χ0n) is 9.24. The summed E-state index contributed by atoms with van der Waals surface area (Å²) >= 11 is 5.96. The minimum atomic E-state index is -0.0962. The van der Waals surface area contributed by atoms with Crippen molar-refractivity contribution in [1.82, 2.24) is 5.32 Å². The molecule has 4 heteroatoms. The van der Waals surface area contributed by atoms with Crippen molar-refractivity contribution in [2.45, 2.75) is 24.9 Å². The molecule has 0 spiro atoms. The Morgan fingerprint density at radius 2 is 2.31 bits per heavy atom. The lowest BCUT2D eigenvalue weighted by Crippen LogP contribution is -2.26. The van der Waals surface area contributed by atoms with Gasteiger partial charge in [-0.1, -0.05) is 11.6 Å². The Bertz CT molecular complexity index is 366. The number of rotatable bonds is 5. The standard InChI is InChI=1S/C12H16ClNO2/c1-16-12-5-2-8(13)6-10(12)11(7-15)14-9-3-4-9/h2,5-6,9,11,14-15H,3-4,7H2,1H3. The van der Waals surface area contributed by atoms with Crippen LogP contribution in [-0.2, 0) is 0 Å². The molecule has 0 aromatic heterocycles. The minimum Gasteiger partial charge on any atom is -0.496 e. The molecule has 0 radical (unpaired) electrons. The Labute approximate surface area is 100 Å². The molecule has 0 amide bonds. The van der Waals surface area contributed by atoms with Crippen LogP contribution in [0.25, 0.3) is 0 Å². The molecule has 0 bridgehead atoms. The van der Waals surface area contributed by atoms with Crippen LogP contribution in [0.2, 0.25) is 5.02 Å². The summed E-state index contributed by atoms with van der Waals surface area (Å²) in [6.45, 7) is 0.0488. The van der Waals surface area contributed by atoms with E-state index in [1.807, 2.05) is 12.1 Å². The van der Waals surface area contributed by atoms with Gasteiger partial charge in [0, 0.05) is 16.6 Å². The molecule has 1 aliphatic carbocycles. The van der Waals surface area contributed by atoms with Crippen molar-refractivity contribution < 1.29 is 9.84 Å². The summed E-state index contributed by atoms with van der Waals surface area (Å²) in [7, 11) is 1.62. The van der Waals surface area contributed by atoms with Gasteiger partial charge in [0.15, 0.2) is 0 Å². The average Bonchev–Trinajstić information content (AvgIpc) is 3.09. The molecular formula is C12H16ClNO2. The lowest BCUT2D eigenvalue weighted by molar-refractivity contribution is 0.240. The highest BCUT2D eigenvalue weighted by Gasteiger charge is 2.26. The number of aliphatic hydroxyl groups excluding tert-OH is 1. The summed E-state index contributed by atoms with van der Waals surface area (Å²) < 4.78 is 5.28. The molecular weight excluding hydrogens is 226 g/mol. The third-order valence-corrected chi connectivity index (χ3v) is 3.00. The van der Waals surface area contributed by atoms with Gasteiger partial charge in [-0.15, -0.1) is 0 Å². The molecule has 0 saturated heterocycles. The summed E-state index contributed by atoms with van der Waals surface area (Å²) in [5.74, 6) is 0.761. The fraction of sp³-hybridized carbons (Fsp3) is 0.500. The number of nitrogens with one attached hydrogen (secondary N) is 1. The summed E-state index contributed by atoms with van der Waals surface area (Å²) in [6.07, 6.45) is 2.36. The molecule has 1 saturated carbocycles. The predicted octanol–water partition coefficient (Wildman–Crippen LogP) is 2.13. The maximum Gasteiger partial charge on any atom is 0.123 e. The predicted molar refractivity (Wildman–Crippen MR) is 64.0 cm³/mol. The molecule has 0 heterocycles. The van der Waals surface area contributed by atoms with Gasteiger partial charge < -0.3 is 15.2 Å². The smallest absolute Gasteiger partial charge is 0.123 e. The quantitative estimate of drug-likeness (QED) is 0.830. The number of methoxy groups -OCH3 is 1. The van der Waals surface area contributed by atoms with Gasteiger partial charge >= 0.3 is 0 Å². The first kappa shape index (κ1) is 11.7. The van der Waals surface area contributed by atoms with Gasteiger partial charge in [0.25, 0.3) is 0 Å². The molecule has 0 aliphatic heterocycles. The number of halogens is 1. The number of aliphatic hydroxyl groups is 1. The molecule has 88 valence electrons. The number of hydrogen-bond donors (Lipinski definition) is 2. The second-order valence-corrected chi connectivity index (χ2v) is 4.50. The van der Waals surface area contributed by atoms with Gasteiger partial charge in [-0.3, -0.25) is 0 Å². The molecule has 1 fully saturated rings. The van der Waals surface area contributed by atoms with Crippen molar-refractivity contribution in [3.05, 3.63) is 28.8 Å². The third-order valence-electron chi connectivity index (χ3n) is 2.76. The highest BCUT2D eigenvalue weighted by Crippen LogP contribution is 2.31. The van der Waals surface area contributed by atoms with E-state index in [0.717, 1.165) is 11.3 Å². The van der Waals surface area contributed by atoms with Crippen molar-refractivity contribution in [3.8, 4) is 5.75 Å². The number of benzene rings is 1. The molecule has 1 aliphatic rings. The highest BCUT2D eigenvalue weighted by molar-refractivity contribution is 6.30. The van der Waals surface area contributed by atoms with Crippen molar-refractivity contribution in [2.75, 3.05) is 13.7 Å². The van der Waals surface area contributed by atoms with Crippen LogP contribution in [0.4, 0.5) is 0 Å². The average molecular weight is 242 g/mol.